The van der Waals surface area contributed by atoms with Gasteiger partial charge in [-0.15, -0.1) is 0 Å². The molecule has 0 unspecified atom stereocenters. The normalized spacial score (nSPS) is 18.2. The average Bonchev–Trinajstić information content (AvgIpc) is 2.92. The highest BCUT2D eigenvalue weighted by molar-refractivity contribution is 5.97. The molecule has 24 heavy (non-hydrogen) atoms. The fourth-order valence-corrected chi connectivity index (χ4v) is 2.59. The molecular formula is C17H27N3O4. The lowest BCUT2D eigenvalue weighted by atomic mass is 9.95. The zero-order valence-corrected chi connectivity index (χ0v) is 14.8. The van der Waals surface area contributed by atoms with Crippen LogP contribution in [0.15, 0.2) is 0 Å². The Kier molecular flexibility index (Phi) is 7.72. The van der Waals surface area contributed by atoms with Crippen LogP contribution in [0.1, 0.15) is 20.3 Å². The van der Waals surface area contributed by atoms with Gasteiger partial charge in [-0.1, -0.05) is 19.8 Å². The molecule has 0 saturated carbocycles. The summed E-state index contributed by atoms with van der Waals surface area (Å²) in [6.07, 6.45) is 0.779. The first-order valence-electron chi connectivity index (χ1n) is 8.15. The van der Waals surface area contributed by atoms with Gasteiger partial charge in [0.25, 0.3) is 5.91 Å². The second-order valence-corrected chi connectivity index (χ2v) is 6.75. The maximum Gasteiger partial charge on any atom is 0.316 e. The number of nitrogens with one attached hydrogen (secondary N) is 1. The van der Waals surface area contributed by atoms with E-state index in [1.807, 2.05) is 19.0 Å². The molecule has 7 nitrogen and oxygen atoms in total. The van der Waals surface area contributed by atoms with E-state index in [2.05, 4.69) is 17.2 Å². The molecule has 0 bridgehead atoms. The van der Waals surface area contributed by atoms with Gasteiger partial charge in [-0.25, -0.2) is 0 Å². The molecule has 1 saturated heterocycles. The standard InChI is InChI=1S/C17H27N3O4/c1-12(2)15(17(23)24)16(22)18-10-13-7-9-20(11-13)14(21)6-5-8-19(3)4/h12-13,15H,7-11H2,1-4H3,(H,18,22)(H,23,24)/t13-,15-/m0/s1. The number of carbonyl (C=O) groups is 3. The maximum absolute atomic E-state index is 12.0. The Balaban J connectivity index is 2.44. The smallest absolute Gasteiger partial charge is 0.316 e. The first-order chi connectivity index (χ1) is 11.2. The molecule has 0 radical (unpaired) electrons. The topological polar surface area (TPSA) is 89.9 Å². The third-order valence-corrected chi connectivity index (χ3v) is 3.94. The highest BCUT2D eigenvalue weighted by Gasteiger charge is 2.31. The number of carboxylic acid groups (broad SMARTS) is 1. The molecule has 1 aliphatic rings. The predicted molar refractivity (Wildman–Crippen MR) is 90.0 cm³/mol. The second kappa shape index (κ2) is 9.28. The summed E-state index contributed by atoms with van der Waals surface area (Å²) in [4.78, 5) is 38.7. The van der Waals surface area contributed by atoms with Gasteiger partial charge in [-0.05, 0) is 38.3 Å². The van der Waals surface area contributed by atoms with Crippen molar-refractivity contribution >= 4 is 17.8 Å². The molecule has 0 spiro atoms. The van der Waals surface area contributed by atoms with Gasteiger partial charge in [0.15, 0.2) is 0 Å². The van der Waals surface area contributed by atoms with E-state index in [9.17, 15) is 14.4 Å². The van der Waals surface area contributed by atoms with Gasteiger partial charge in [0, 0.05) is 19.6 Å². The van der Waals surface area contributed by atoms with Gasteiger partial charge in [-0.3, -0.25) is 19.3 Å². The van der Waals surface area contributed by atoms with Crippen LogP contribution in [-0.4, -0.2) is 73.0 Å². The molecule has 1 aliphatic heterocycles. The lowest BCUT2D eigenvalue weighted by molar-refractivity contribution is -0.148. The summed E-state index contributed by atoms with van der Waals surface area (Å²) in [5, 5.41) is 11.8. The molecule has 0 aromatic heterocycles. The van der Waals surface area contributed by atoms with Crippen LogP contribution in [0.3, 0.4) is 0 Å². The van der Waals surface area contributed by atoms with E-state index in [-0.39, 0.29) is 17.7 Å². The van der Waals surface area contributed by atoms with Crippen molar-refractivity contribution in [3.63, 3.8) is 0 Å². The third kappa shape index (κ3) is 6.20. The zero-order chi connectivity index (χ0) is 18.3. The van der Waals surface area contributed by atoms with Crippen molar-refractivity contribution in [3.8, 4) is 11.8 Å². The molecular weight excluding hydrogens is 310 g/mol. The molecule has 134 valence electrons. The minimum atomic E-state index is -1.11. The lowest BCUT2D eigenvalue weighted by Gasteiger charge is -2.18. The van der Waals surface area contributed by atoms with Crippen LogP contribution in [0, 0.1) is 29.6 Å². The Bertz CT molecular complexity index is 534. The van der Waals surface area contributed by atoms with Crippen LogP contribution < -0.4 is 5.32 Å². The number of amides is 2. The van der Waals surface area contributed by atoms with Crippen LogP contribution in [0.4, 0.5) is 0 Å². The number of hydrogen-bond donors (Lipinski definition) is 2. The van der Waals surface area contributed by atoms with E-state index < -0.39 is 17.8 Å². The largest absolute Gasteiger partial charge is 0.481 e. The summed E-state index contributed by atoms with van der Waals surface area (Å²) < 4.78 is 0. The van der Waals surface area contributed by atoms with Crippen molar-refractivity contribution in [2.75, 3.05) is 40.3 Å². The first-order valence-corrected chi connectivity index (χ1v) is 8.15. The molecule has 0 aliphatic carbocycles. The number of likely N-dealkylation sites (tertiary alicyclic amines) is 1. The lowest BCUT2D eigenvalue weighted by Crippen LogP contribution is -2.41. The Morgan fingerprint density at radius 2 is 2.00 bits per heavy atom. The van der Waals surface area contributed by atoms with Gasteiger partial charge in [-0.2, -0.15) is 0 Å². The number of rotatable bonds is 6. The summed E-state index contributed by atoms with van der Waals surface area (Å²) in [6, 6.07) is 0. The molecule has 2 amide bonds. The number of aliphatic carboxylic acids is 1. The van der Waals surface area contributed by atoms with Crippen molar-refractivity contribution in [1.29, 1.82) is 0 Å². The van der Waals surface area contributed by atoms with Crippen molar-refractivity contribution < 1.29 is 19.5 Å². The number of nitrogens with zero attached hydrogens (tertiary/aromatic N) is 2. The molecule has 2 N–H and O–H groups in total. The summed E-state index contributed by atoms with van der Waals surface area (Å²) in [7, 11) is 3.77. The molecule has 1 heterocycles. The fraction of sp³-hybridized carbons (Fsp3) is 0.706. The Morgan fingerprint density at radius 3 is 2.54 bits per heavy atom. The number of carboxylic acids is 1. The van der Waals surface area contributed by atoms with E-state index in [1.54, 1.807) is 18.7 Å². The zero-order valence-electron chi connectivity index (χ0n) is 14.8. The second-order valence-electron chi connectivity index (χ2n) is 6.75. The average molecular weight is 337 g/mol. The van der Waals surface area contributed by atoms with Crippen molar-refractivity contribution in [3.05, 3.63) is 0 Å². The van der Waals surface area contributed by atoms with Gasteiger partial charge in [0.05, 0.1) is 6.54 Å². The van der Waals surface area contributed by atoms with E-state index in [1.165, 1.54) is 0 Å². The summed E-state index contributed by atoms with van der Waals surface area (Å²) in [5.41, 5.74) is 0. The summed E-state index contributed by atoms with van der Waals surface area (Å²) in [6.45, 7) is 5.48. The third-order valence-electron chi connectivity index (χ3n) is 3.94. The SMILES string of the molecule is CC(C)[C@H](C(=O)O)C(=O)NC[C@@H]1CCN(C(=O)C#CCN(C)C)C1. The van der Waals surface area contributed by atoms with Crippen molar-refractivity contribution in [1.82, 2.24) is 15.1 Å². The highest BCUT2D eigenvalue weighted by atomic mass is 16.4. The van der Waals surface area contributed by atoms with E-state index in [0.717, 1.165) is 6.42 Å². The molecule has 1 rings (SSSR count). The first kappa shape index (κ1) is 20.0. The monoisotopic (exact) mass is 337 g/mol. The number of hydrogen-bond acceptors (Lipinski definition) is 4. The van der Waals surface area contributed by atoms with Crippen LogP contribution >= 0.6 is 0 Å². The van der Waals surface area contributed by atoms with E-state index in [0.29, 0.717) is 26.2 Å². The van der Waals surface area contributed by atoms with Gasteiger partial charge < -0.3 is 15.3 Å². The molecule has 1 fully saturated rings. The molecule has 0 aromatic carbocycles. The molecule has 2 atom stereocenters. The van der Waals surface area contributed by atoms with Crippen molar-refractivity contribution in [2.24, 2.45) is 17.8 Å². The Morgan fingerprint density at radius 1 is 1.33 bits per heavy atom. The highest BCUT2D eigenvalue weighted by Crippen LogP contribution is 2.16. The van der Waals surface area contributed by atoms with E-state index in [4.69, 9.17) is 5.11 Å². The molecule has 0 aromatic rings. The fourth-order valence-electron chi connectivity index (χ4n) is 2.59. The quantitative estimate of drug-likeness (QED) is 0.521. The van der Waals surface area contributed by atoms with Crippen LogP contribution in [0.5, 0.6) is 0 Å². The van der Waals surface area contributed by atoms with Gasteiger partial charge >= 0.3 is 5.97 Å². The van der Waals surface area contributed by atoms with Crippen LogP contribution in [-0.2, 0) is 14.4 Å². The van der Waals surface area contributed by atoms with Crippen molar-refractivity contribution in [2.45, 2.75) is 20.3 Å². The van der Waals surface area contributed by atoms with Gasteiger partial charge in [0.2, 0.25) is 5.91 Å². The Labute approximate surface area is 143 Å². The minimum absolute atomic E-state index is 0.134. The van der Waals surface area contributed by atoms with E-state index >= 15 is 0 Å². The molecule has 7 heteroatoms. The maximum atomic E-state index is 12.0. The predicted octanol–water partition coefficient (Wildman–Crippen LogP) is -0.127. The van der Waals surface area contributed by atoms with Crippen LogP contribution in [0.25, 0.3) is 0 Å². The Hall–Kier alpha value is -2.07. The van der Waals surface area contributed by atoms with Crippen LogP contribution in [0.2, 0.25) is 0 Å². The minimum Gasteiger partial charge on any atom is -0.481 e. The van der Waals surface area contributed by atoms with Gasteiger partial charge in [0.1, 0.15) is 5.92 Å². The summed E-state index contributed by atoms with van der Waals surface area (Å²) >= 11 is 0. The summed E-state index contributed by atoms with van der Waals surface area (Å²) in [5.74, 6) is 2.49. The number of carbonyl (C=O) groups excluding carboxylic acids is 2.